The summed E-state index contributed by atoms with van der Waals surface area (Å²) in [4.78, 5) is 12.4. The molecule has 3 rings (SSSR count). The van der Waals surface area contributed by atoms with Gasteiger partial charge in [-0.3, -0.25) is 0 Å². The number of rotatable bonds is 3. The standard InChI is InChI=1S/C20H16F3NO2/c1-3-6-16-15-7-4-5-8-17(15)24(19(25)26-2)18(16)13-9-11-14(12-10-13)20(21,22)23/h3-5,7-12H,1,6H2,2H3. The molecule has 0 fully saturated rings. The van der Waals surface area contributed by atoms with Crippen molar-refractivity contribution in [2.75, 3.05) is 7.11 Å². The molecule has 0 saturated carbocycles. The minimum Gasteiger partial charge on any atom is -0.452 e. The van der Waals surface area contributed by atoms with E-state index in [1.165, 1.54) is 23.8 Å². The number of para-hydroxylation sites is 1. The Morgan fingerprint density at radius 2 is 1.81 bits per heavy atom. The average Bonchev–Trinajstić information content (AvgIpc) is 2.95. The molecule has 0 aliphatic rings. The smallest absolute Gasteiger partial charge is 0.418 e. The van der Waals surface area contributed by atoms with E-state index in [1.807, 2.05) is 12.1 Å². The molecule has 134 valence electrons. The average molecular weight is 359 g/mol. The minimum absolute atomic E-state index is 0.459. The molecule has 0 saturated heterocycles. The molecule has 0 aliphatic heterocycles. The zero-order chi connectivity index (χ0) is 18.9. The number of hydrogen-bond donors (Lipinski definition) is 0. The van der Waals surface area contributed by atoms with Crippen LogP contribution in [0, 0.1) is 0 Å². The maximum atomic E-state index is 12.9. The number of hydrogen-bond acceptors (Lipinski definition) is 2. The van der Waals surface area contributed by atoms with Crippen molar-refractivity contribution in [3.8, 4) is 11.3 Å². The Morgan fingerprint density at radius 3 is 2.38 bits per heavy atom. The zero-order valence-electron chi connectivity index (χ0n) is 14.0. The predicted octanol–water partition coefficient (Wildman–Crippen LogP) is 5.67. The summed E-state index contributed by atoms with van der Waals surface area (Å²) in [5, 5.41) is 0.827. The summed E-state index contributed by atoms with van der Waals surface area (Å²) in [6.45, 7) is 3.74. The van der Waals surface area contributed by atoms with Gasteiger partial charge in [0.05, 0.1) is 23.9 Å². The van der Waals surface area contributed by atoms with Crippen LogP contribution in [0.15, 0.2) is 61.2 Å². The molecule has 1 heterocycles. The molecule has 0 N–H and O–H groups in total. The van der Waals surface area contributed by atoms with E-state index in [4.69, 9.17) is 4.74 Å². The number of carbonyl (C=O) groups is 1. The maximum absolute atomic E-state index is 12.9. The Kier molecular flexibility index (Phi) is 4.59. The third kappa shape index (κ3) is 2.98. The van der Waals surface area contributed by atoms with Gasteiger partial charge in [0, 0.05) is 5.39 Å². The number of carbonyl (C=O) groups excluding carboxylic acids is 1. The second kappa shape index (κ2) is 6.71. The fourth-order valence-corrected chi connectivity index (χ4v) is 3.06. The Labute approximate surface area is 148 Å². The zero-order valence-corrected chi connectivity index (χ0v) is 14.0. The number of benzene rings is 2. The number of aromatic nitrogens is 1. The molecule has 0 bridgehead atoms. The lowest BCUT2D eigenvalue weighted by Crippen LogP contribution is -2.13. The highest BCUT2D eigenvalue weighted by Crippen LogP contribution is 2.36. The van der Waals surface area contributed by atoms with Crippen molar-refractivity contribution in [3.05, 3.63) is 72.3 Å². The normalized spacial score (nSPS) is 11.5. The molecule has 0 aliphatic carbocycles. The largest absolute Gasteiger partial charge is 0.452 e. The van der Waals surface area contributed by atoms with E-state index in [0.717, 1.165) is 23.1 Å². The van der Waals surface area contributed by atoms with E-state index in [0.29, 0.717) is 23.2 Å². The van der Waals surface area contributed by atoms with Crippen LogP contribution in [0.2, 0.25) is 0 Å². The number of allylic oxidation sites excluding steroid dienone is 1. The van der Waals surface area contributed by atoms with Crippen molar-refractivity contribution in [1.29, 1.82) is 0 Å². The fourth-order valence-electron chi connectivity index (χ4n) is 3.06. The summed E-state index contributed by atoms with van der Waals surface area (Å²) in [5.74, 6) is 0. The van der Waals surface area contributed by atoms with Gasteiger partial charge in [-0.25, -0.2) is 9.36 Å². The Bertz CT molecular complexity index is 969. The van der Waals surface area contributed by atoms with Gasteiger partial charge in [0.2, 0.25) is 0 Å². The van der Waals surface area contributed by atoms with Crippen molar-refractivity contribution in [2.24, 2.45) is 0 Å². The first kappa shape index (κ1) is 17.8. The summed E-state index contributed by atoms with van der Waals surface area (Å²) in [5.41, 5.74) is 1.70. The van der Waals surface area contributed by atoms with Crippen LogP contribution in [0.1, 0.15) is 11.1 Å². The molecule has 0 atom stereocenters. The predicted molar refractivity (Wildman–Crippen MR) is 94.1 cm³/mol. The number of nitrogens with zero attached hydrogens (tertiary/aromatic N) is 1. The highest BCUT2D eigenvalue weighted by Gasteiger charge is 2.30. The molecule has 3 nitrogen and oxygen atoms in total. The summed E-state index contributed by atoms with van der Waals surface area (Å²) in [7, 11) is 1.26. The molecule has 0 unspecified atom stereocenters. The number of methoxy groups -OCH3 is 1. The van der Waals surface area contributed by atoms with Crippen LogP contribution >= 0.6 is 0 Å². The molecule has 1 aromatic heterocycles. The van der Waals surface area contributed by atoms with Crippen LogP contribution in [-0.2, 0) is 17.3 Å². The highest BCUT2D eigenvalue weighted by atomic mass is 19.4. The molecule has 3 aromatic rings. The van der Waals surface area contributed by atoms with Crippen LogP contribution < -0.4 is 0 Å². The third-order valence-corrected chi connectivity index (χ3v) is 4.17. The first-order valence-corrected chi connectivity index (χ1v) is 7.87. The van der Waals surface area contributed by atoms with Crippen LogP contribution in [0.5, 0.6) is 0 Å². The second-order valence-corrected chi connectivity index (χ2v) is 5.72. The fraction of sp³-hybridized carbons (Fsp3) is 0.150. The van der Waals surface area contributed by atoms with Crippen LogP contribution in [-0.4, -0.2) is 17.8 Å². The van der Waals surface area contributed by atoms with E-state index in [1.54, 1.807) is 18.2 Å². The third-order valence-electron chi connectivity index (χ3n) is 4.17. The van der Waals surface area contributed by atoms with Gasteiger partial charge in [-0.15, -0.1) is 6.58 Å². The van der Waals surface area contributed by atoms with Gasteiger partial charge in [-0.1, -0.05) is 36.4 Å². The lowest BCUT2D eigenvalue weighted by molar-refractivity contribution is -0.137. The van der Waals surface area contributed by atoms with Gasteiger partial charge in [-0.05, 0) is 35.7 Å². The quantitative estimate of drug-likeness (QED) is 0.564. The van der Waals surface area contributed by atoms with Crippen molar-refractivity contribution < 1.29 is 22.7 Å². The maximum Gasteiger partial charge on any atom is 0.418 e. The van der Waals surface area contributed by atoms with Crippen molar-refractivity contribution in [1.82, 2.24) is 4.57 Å². The SMILES string of the molecule is C=CCc1c(-c2ccc(C(F)(F)F)cc2)n(C(=O)OC)c2ccccc12. The van der Waals surface area contributed by atoms with Gasteiger partial charge < -0.3 is 4.74 Å². The molecule has 0 spiro atoms. The van der Waals surface area contributed by atoms with Crippen LogP contribution in [0.3, 0.4) is 0 Å². The monoisotopic (exact) mass is 359 g/mol. The van der Waals surface area contributed by atoms with Gasteiger partial charge >= 0.3 is 12.3 Å². The van der Waals surface area contributed by atoms with E-state index < -0.39 is 17.8 Å². The van der Waals surface area contributed by atoms with Crippen LogP contribution in [0.25, 0.3) is 22.2 Å². The molecular weight excluding hydrogens is 343 g/mol. The van der Waals surface area contributed by atoms with Gasteiger partial charge in [-0.2, -0.15) is 13.2 Å². The van der Waals surface area contributed by atoms with E-state index >= 15 is 0 Å². The number of alkyl halides is 3. The molecular formula is C20H16F3NO2. The second-order valence-electron chi connectivity index (χ2n) is 5.72. The molecule has 26 heavy (non-hydrogen) atoms. The number of fused-ring (bicyclic) bond motifs is 1. The highest BCUT2D eigenvalue weighted by molar-refractivity contribution is 5.99. The van der Waals surface area contributed by atoms with Gasteiger partial charge in [0.15, 0.2) is 0 Å². The molecule has 2 aromatic carbocycles. The lowest BCUT2D eigenvalue weighted by Gasteiger charge is -2.12. The summed E-state index contributed by atoms with van der Waals surface area (Å²) in [6, 6.07) is 12.0. The van der Waals surface area contributed by atoms with Crippen molar-refractivity contribution in [2.45, 2.75) is 12.6 Å². The van der Waals surface area contributed by atoms with E-state index in [2.05, 4.69) is 6.58 Å². The van der Waals surface area contributed by atoms with Gasteiger partial charge in [0.1, 0.15) is 0 Å². The number of halogens is 3. The van der Waals surface area contributed by atoms with E-state index in [9.17, 15) is 18.0 Å². The van der Waals surface area contributed by atoms with Crippen molar-refractivity contribution >= 4 is 17.0 Å². The topological polar surface area (TPSA) is 31.2 Å². The van der Waals surface area contributed by atoms with Crippen LogP contribution in [0.4, 0.5) is 18.0 Å². The Morgan fingerprint density at radius 1 is 1.15 bits per heavy atom. The first-order chi connectivity index (χ1) is 12.4. The molecule has 6 heteroatoms. The lowest BCUT2D eigenvalue weighted by atomic mass is 10.0. The number of ether oxygens (including phenoxy) is 1. The van der Waals surface area contributed by atoms with E-state index in [-0.39, 0.29) is 0 Å². The van der Waals surface area contributed by atoms with Gasteiger partial charge in [0.25, 0.3) is 0 Å². The summed E-state index contributed by atoms with van der Waals surface area (Å²) in [6.07, 6.45) is -2.87. The van der Waals surface area contributed by atoms with Crippen molar-refractivity contribution in [3.63, 3.8) is 0 Å². The first-order valence-electron chi connectivity index (χ1n) is 7.87. The Balaban J connectivity index is 2.31. The molecule has 0 radical (unpaired) electrons. The summed E-state index contributed by atoms with van der Waals surface area (Å²) >= 11 is 0. The Hall–Kier alpha value is -3.02. The molecule has 0 amide bonds. The summed E-state index contributed by atoms with van der Waals surface area (Å²) < 4.78 is 44.9. The minimum atomic E-state index is -4.42.